The largest absolute Gasteiger partial charge is 0.384 e. The molecule has 1 aliphatic rings. The van der Waals surface area contributed by atoms with Crippen LogP contribution in [-0.4, -0.2) is 28.6 Å². The van der Waals surface area contributed by atoms with Crippen LogP contribution in [0.1, 0.15) is 33.1 Å². The zero-order valence-corrected chi connectivity index (χ0v) is 12.1. The van der Waals surface area contributed by atoms with Gasteiger partial charge in [-0.15, -0.1) is 0 Å². The molecule has 0 spiro atoms. The van der Waals surface area contributed by atoms with Crippen molar-refractivity contribution in [3.63, 3.8) is 0 Å². The van der Waals surface area contributed by atoms with Gasteiger partial charge in [-0.05, 0) is 38.0 Å². The summed E-state index contributed by atoms with van der Waals surface area (Å²) in [4.78, 5) is 4.27. The second-order valence-corrected chi connectivity index (χ2v) is 6.30. The van der Waals surface area contributed by atoms with Crippen molar-refractivity contribution >= 4 is 23.1 Å². The number of hydrogen-bond acceptors (Lipinski definition) is 4. The summed E-state index contributed by atoms with van der Waals surface area (Å²) in [5, 5.41) is 7.75. The molecule has 0 radical (unpaired) electrons. The Balaban J connectivity index is 1.88. The van der Waals surface area contributed by atoms with Gasteiger partial charge in [0.25, 0.3) is 0 Å². The number of anilines is 2. The molecule has 2 rings (SSSR count). The van der Waals surface area contributed by atoms with E-state index in [0.29, 0.717) is 6.04 Å². The number of pyridine rings is 1. The fourth-order valence-corrected chi connectivity index (χ4v) is 3.66. The summed E-state index contributed by atoms with van der Waals surface area (Å²) >= 11 is 2.10. The fraction of sp³-hybridized carbons (Fsp3) is 0.643. The second kappa shape index (κ2) is 6.88. The van der Waals surface area contributed by atoms with Gasteiger partial charge in [0.05, 0.1) is 23.8 Å². The first-order valence-electron chi connectivity index (χ1n) is 6.88. The summed E-state index contributed by atoms with van der Waals surface area (Å²) in [6.45, 7) is 5.28. The Kier molecular flexibility index (Phi) is 5.17. The molecule has 2 atom stereocenters. The van der Waals surface area contributed by atoms with Crippen molar-refractivity contribution in [2.24, 2.45) is 0 Å². The van der Waals surface area contributed by atoms with Crippen molar-refractivity contribution in [2.45, 2.75) is 44.4 Å². The molecule has 100 valence electrons. The van der Waals surface area contributed by atoms with Crippen LogP contribution >= 0.6 is 11.8 Å². The molecule has 3 nitrogen and oxygen atoms in total. The number of nitrogens with one attached hydrogen (secondary N) is 2. The van der Waals surface area contributed by atoms with Crippen LogP contribution in [0.4, 0.5) is 11.4 Å². The fourth-order valence-electron chi connectivity index (χ4n) is 2.51. The van der Waals surface area contributed by atoms with Crippen LogP contribution in [0, 0.1) is 0 Å². The molecule has 18 heavy (non-hydrogen) atoms. The first-order chi connectivity index (χ1) is 8.81. The molecule has 0 aromatic carbocycles. The van der Waals surface area contributed by atoms with Crippen LogP contribution in [-0.2, 0) is 0 Å². The van der Waals surface area contributed by atoms with E-state index in [2.05, 4.69) is 47.3 Å². The van der Waals surface area contributed by atoms with Crippen LogP contribution in [0.3, 0.4) is 0 Å². The third-order valence-electron chi connectivity index (χ3n) is 3.28. The Morgan fingerprint density at radius 1 is 1.28 bits per heavy atom. The molecular weight excluding hydrogens is 242 g/mol. The van der Waals surface area contributed by atoms with E-state index in [1.807, 2.05) is 12.4 Å². The lowest BCUT2D eigenvalue weighted by atomic mass is 10.2. The van der Waals surface area contributed by atoms with E-state index >= 15 is 0 Å². The van der Waals surface area contributed by atoms with E-state index in [4.69, 9.17) is 0 Å². The average Bonchev–Trinajstić information content (AvgIpc) is 2.78. The van der Waals surface area contributed by atoms with Gasteiger partial charge in [0.15, 0.2) is 0 Å². The number of rotatable bonds is 6. The molecule has 0 aliphatic heterocycles. The minimum Gasteiger partial charge on any atom is -0.384 e. The summed E-state index contributed by atoms with van der Waals surface area (Å²) in [6.07, 6.45) is 7.70. The van der Waals surface area contributed by atoms with Crippen molar-refractivity contribution in [1.82, 2.24) is 4.98 Å². The summed E-state index contributed by atoms with van der Waals surface area (Å²) < 4.78 is 0. The van der Waals surface area contributed by atoms with E-state index in [-0.39, 0.29) is 0 Å². The van der Waals surface area contributed by atoms with Gasteiger partial charge in [-0.1, -0.05) is 6.92 Å². The molecule has 0 bridgehead atoms. The molecule has 1 fully saturated rings. The first kappa shape index (κ1) is 13.5. The molecule has 1 aromatic rings. The van der Waals surface area contributed by atoms with Crippen LogP contribution in [0.25, 0.3) is 0 Å². The average molecular weight is 265 g/mol. The molecule has 2 unspecified atom stereocenters. The lowest BCUT2D eigenvalue weighted by Crippen LogP contribution is -2.16. The molecular formula is C14H23N3S. The highest BCUT2D eigenvalue weighted by molar-refractivity contribution is 7.99. The van der Waals surface area contributed by atoms with E-state index in [9.17, 15) is 0 Å². The molecule has 1 aromatic heterocycles. The third-order valence-corrected chi connectivity index (χ3v) is 4.51. The number of nitrogens with zero attached hydrogens (tertiary/aromatic N) is 1. The van der Waals surface area contributed by atoms with Gasteiger partial charge >= 0.3 is 0 Å². The molecule has 1 heterocycles. The molecule has 1 saturated carbocycles. The predicted molar refractivity (Wildman–Crippen MR) is 81.6 cm³/mol. The Bertz CT molecular complexity index is 370. The lowest BCUT2D eigenvalue weighted by molar-refractivity contribution is 0.756. The second-order valence-electron chi connectivity index (χ2n) is 4.72. The van der Waals surface area contributed by atoms with Crippen molar-refractivity contribution in [3.05, 3.63) is 18.5 Å². The minimum absolute atomic E-state index is 0.618. The van der Waals surface area contributed by atoms with Gasteiger partial charge in [0.1, 0.15) is 0 Å². The highest BCUT2D eigenvalue weighted by Crippen LogP contribution is 2.31. The smallest absolute Gasteiger partial charge is 0.0549 e. The monoisotopic (exact) mass is 265 g/mol. The van der Waals surface area contributed by atoms with Crippen LogP contribution in [0.2, 0.25) is 0 Å². The summed E-state index contributed by atoms with van der Waals surface area (Å²) in [5.74, 6) is 1.23. The Morgan fingerprint density at radius 2 is 2.11 bits per heavy atom. The third kappa shape index (κ3) is 3.80. The molecule has 0 saturated heterocycles. The van der Waals surface area contributed by atoms with Crippen molar-refractivity contribution in [2.75, 3.05) is 22.9 Å². The van der Waals surface area contributed by atoms with E-state index < -0.39 is 0 Å². The summed E-state index contributed by atoms with van der Waals surface area (Å²) in [6, 6.07) is 2.77. The Morgan fingerprint density at radius 3 is 2.89 bits per heavy atom. The van der Waals surface area contributed by atoms with E-state index in [1.165, 1.54) is 25.0 Å². The van der Waals surface area contributed by atoms with Crippen LogP contribution in [0.15, 0.2) is 18.5 Å². The maximum Gasteiger partial charge on any atom is 0.0549 e. The molecule has 4 heteroatoms. The topological polar surface area (TPSA) is 37.0 Å². The van der Waals surface area contributed by atoms with Crippen molar-refractivity contribution in [1.29, 1.82) is 0 Å². The number of thioether (sulfide) groups is 1. The van der Waals surface area contributed by atoms with Gasteiger partial charge < -0.3 is 10.6 Å². The summed E-state index contributed by atoms with van der Waals surface area (Å²) in [7, 11) is 0. The van der Waals surface area contributed by atoms with Crippen molar-refractivity contribution in [3.8, 4) is 0 Å². The predicted octanol–water partition coefficient (Wildman–Crippen LogP) is 3.60. The van der Waals surface area contributed by atoms with E-state index in [0.717, 1.165) is 23.2 Å². The zero-order valence-electron chi connectivity index (χ0n) is 11.3. The zero-order chi connectivity index (χ0) is 12.8. The van der Waals surface area contributed by atoms with Gasteiger partial charge in [0, 0.05) is 17.8 Å². The maximum absolute atomic E-state index is 4.27. The summed E-state index contributed by atoms with van der Waals surface area (Å²) in [5.41, 5.74) is 2.24. The van der Waals surface area contributed by atoms with Gasteiger partial charge in [0.2, 0.25) is 0 Å². The molecule has 1 aliphatic carbocycles. The minimum atomic E-state index is 0.618. The standard InChI is InChI=1S/C14H23N3S/c1-3-16-12-7-13(10-15-9-12)17-11-5-6-14(8-11)18-4-2/h7,9-11,14,16-17H,3-6,8H2,1-2H3. The van der Waals surface area contributed by atoms with Gasteiger partial charge in [-0.3, -0.25) is 4.98 Å². The highest BCUT2D eigenvalue weighted by atomic mass is 32.2. The molecule has 2 N–H and O–H groups in total. The van der Waals surface area contributed by atoms with Gasteiger partial charge in [-0.25, -0.2) is 0 Å². The number of hydrogen-bond donors (Lipinski definition) is 2. The normalized spacial score (nSPS) is 23.0. The van der Waals surface area contributed by atoms with E-state index in [1.54, 1.807) is 0 Å². The Labute approximate surface area is 114 Å². The van der Waals surface area contributed by atoms with Crippen LogP contribution < -0.4 is 10.6 Å². The molecule has 0 amide bonds. The van der Waals surface area contributed by atoms with Crippen LogP contribution in [0.5, 0.6) is 0 Å². The Hall–Kier alpha value is -0.900. The highest BCUT2D eigenvalue weighted by Gasteiger charge is 2.24. The first-order valence-corrected chi connectivity index (χ1v) is 7.93. The quantitative estimate of drug-likeness (QED) is 0.824. The lowest BCUT2D eigenvalue weighted by Gasteiger charge is -2.15. The number of aromatic nitrogens is 1. The maximum atomic E-state index is 4.27. The van der Waals surface area contributed by atoms with Gasteiger partial charge in [-0.2, -0.15) is 11.8 Å². The van der Waals surface area contributed by atoms with Crippen molar-refractivity contribution < 1.29 is 0 Å². The SMILES string of the molecule is CCNc1cncc(NC2CCC(SCC)C2)c1.